The second kappa shape index (κ2) is 10.1. The zero-order valence-corrected chi connectivity index (χ0v) is 22.7. The first-order valence-electron chi connectivity index (χ1n) is 12.2. The second-order valence-electron chi connectivity index (χ2n) is 9.30. The van der Waals surface area contributed by atoms with Crippen molar-refractivity contribution in [3.05, 3.63) is 143 Å². The van der Waals surface area contributed by atoms with Crippen molar-refractivity contribution in [3.8, 4) is 0 Å². The molecule has 1 atom stereocenters. The van der Waals surface area contributed by atoms with Gasteiger partial charge < -0.3 is 0 Å². The Labute approximate surface area is 224 Å². The van der Waals surface area contributed by atoms with Crippen LogP contribution in [0.25, 0.3) is 0 Å². The maximum atomic E-state index is 14.0. The molecule has 1 unspecified atom stereocenters. The minimum absolute atomic E-state index is 0.0235. The van der Waals surface area contributed by atoms with Crippen molar-refractivity contribution in [1.82, 2.24) is 8.61 Å². The third kappa shape index (κ3) is 4.85. The highest BCUT2D eigenvalue weighted by molar-refractivity contribution is 7.90. The fraction of sp³-hybridized carbons (Fsp3) is 0.133. The van der Waals surface area contributed by atoms with Crippen molar-refractivity contribution in [1.29, 1.82) is 0 Å². The first kappa shape index (κ1) is 25.8. The van der Waals surface area contributed by atoms with Crippen molar-refractivity contribution in [2.75, 3.05) is 0 Å². The van der Waals surface area contributed by atoms with E-state index >= 15 is 0 Å². The van der Waals surface area contributed by atoms with Gasteiger partial charge in [0.25, 0.3) is 20.0 Å². The number of nitrogens with zero attached hydrogens (tertiary/aromatic N) is 2. The molecule has 0 amide bonds. The molecule has 5 rings (SSSR count). The van der Waals surface area contributed by atoms with Crippen molar-refractivity contribution in [3.63, 3.8) is 0 Å². The minimum Gasteiger partial charge on any atom is -0.246 e. The lowest BCUT2D eigenvalue weighted by molar-refractivity contribution is 0.284. The zero-order chi connectivity index (χ0) is 26.9. The molecular weight excluding hydrogens is 516 g/mol. The molecule has 0 N–H and O–H groups in total. The standard InChI is InChI=1S/C30H28N2O4S2/c1-23-13-17-27(18-14-23)37(33,34)31(22-25-9-5-3-6-10-25)30-21-29(26-11-7-4-8-12-26)32(30)38(35,36)28-19-15-24(2)16-20-28/h3-21,29H,22H2,1-2H3. The molecule has 38 heavy (non-hydrogen) atoms. The predicted molar refractivity (Wildman–Crippen MR) is 148 cm³/mol. The van der Waals surface area contributed by atoms with Gasteiger partial charge in [-0.05, 0) is 55.3 Å². The molecule has 0 aliphatic carbocycles. The molecule has 0 radical (unpaired) electrons. The Hall–Kier alpha value is -3.88. The van der Waals surface area contributed by atoms with E-state index in [0.29, 0.717) is 0 Å². The van der Waals surface area contributed by atoms with Crippen LogP contribution in [0.5, 0.6) is 0 Å². The third-order valence-electron chi connectivity index (χ3n) is 6.54. The SMILES string of the molecule is Cc1ccc(S(=O)(=O)N(Cc2ccccc2)C2=CC(c3ccccc3)N2S(=O)(=O)c2ccc(C)cc2)cc1. The summed E-state index contributed by atoms with van der Waals surface area (Å²) in [6.45, 7) is 3.74. The summed E-state index contributed by atoms with van der Waals surface area (Å²) >= 11 is 0. The van der Waals surface area contributed by atoms with E-state index in [1.54, 1.807) is 54.6 Å². The summed E-state index contributed by atoms with van der Waals surface area (Å²) in [6.07, 6.45) is 1.70. The molecule has 1 aliphatic rings. The van der Waals surface area contributed by atoms with E-state index in [2.05, 4.69) is 0 Å². The molecule has 1 heterocycles. The third-order valence-corrected chi connectivity index (χ3v) is 10.1. The van der Waals surface area contributed by atoms with E-state index in [-0.39, 0.29) is 22.2 Å². The van der Waals surface area contributed by atoms with Crippen molar-refractivity contribution in [2.45, 2.75) is 36.2 Å². The Balaban J connectivity index is 1.67. The van der Waals surface area contributed by atoms with E-state index in [9.17, 15) is 16.8 Å². The maximum Gasteiger partial charge on any atom is 0.266 e. The summed E-state index contributed by atoms with van der Waals surface area (Å²) < 4.78 is 58.6. The Bertz CT molecular complexity index is 1670. The number of sulfonamides is 2. The first-order valence-corrected chi connectivity index (χ1v) is 15.1. The van der Waals surface area contributed by atoms with Gasteiger partial charge in [0.1, 0.15) is 5.82 Å². The van der Waals surface area contributed by atoms with Gasteiger partial charge in [0, 0.05) is 0 Å². The Morgan fingerprint density at radius 1 is 0.658 bits per heavy atom. The quantitative estimate of drug-likeness (QED) is 0.282. The van der Waals surface area contributed by atoms with Crippen LogP contribution < -0.4 is 0 Å². The highest BCUT2D eigenvalue weighted by Crippen LogP contribution is 2.44. The lowest BCUT2D eigenvalue weighted by atomic mass is 10.0. The summed E-state index contributed by atoms with van der Waals surface area (Å²) in [6, 6.07) is 30.9. The fourth-order valence-corrected chi connectivity index (χ4v) is 7.48. The van der Waals surface area contributed by atoms with Gasteiger partial charge in [-0.15, -0.1) is 0 Å². The monoisotopic (exact) mass is 544 g/mol. The fourth-order valence-electron chi connectivity index (χ4n) is 4.39. The van der Waals surface area contributed by atoms with E-state index in [1.807, 2.05) is 74.5 Å². The Morgan fingerprint density at radius 3 is 1.71 bits per heavy atom. The Morgan fingerprint density at radius 2 is 1.16 bits per heavy atom. The molecule has 0 fully saturated rings. The molecule has 0 saturated carbocycles. The Kier molecular flexibility index (Phi) is 6.86. The number of hydrogen-bond acceptors (Lipinski definition) is 4. The molecule has 0 aromatic heterocycles. The number of aryl methyl sites for hydroxylation is 2. The van der Waals surface area contributed by atoms with Crippen molar-refractivity contribution >= 4 is 20.0 Å². The van der Waals surface area contributed by atoms with Gasteiger partial charge >= 0.3 is 0 Å². The summed E-state index contributed by atoms with van der Waals surface area (Å²) in [5.41, 5.74) is 3.34. The number of benzene rings is 4. The first-order chi connectivity index (χ1) is 18.2. The average Bonchev–Trinajstić information content (AvgIpc) is 2.89. The van der Waals surface area contributed by atoms with Crippen LogP contribution in [0.2, 0.25) is 0 Å². The summed E-state index contributed by atoms with van der Waals surface area (Å²) in [5.74, 6) is 0.101. The predicted octanol–water partition coefficient (Wildman–Crippen LogP) is 5.78. The molecule has 194 valence electrons. The molecule has 0 bridgehead atoms. The number of rotatable bonds is 8. The highest BCUT2D eigenvalue weighted by atomic mass is 32.2. The molecule has 4 aromatic rings. The van der Waals surface area contributed by atoms with Crippen LogP contribution in [0.4, 0.5) is 0 Å². The van der Waals surface area contributed by atoms with Gasteiger partial charge in [-0.25, -0.2) is 25.4 Å². The van der Waals surface area contributed by atoms with E-state index in [4.69, 9.17) is 0 Å². The van der Waals surface area contributed by atoms with Gasteiger partial charge in [0.2, 0.25) is 0 Å². The lowest BCUT2D eigenvalue weighted by Crippen LogP contribution is -2.48. The summed E-state index contributed by atoms with van der Waals surface area (Å²) in [4.78, 5) is 0.192. The molecule has 0 spiro atoms. The van der Waals surface area contributed by atoms with Gasteiger partial charge in [-0.3, -0.25) is 0 Å². The zero-order valence-electron chi connectivity index (χ0n) is 21.1. The van der Waals surface area contributed by atoms with Gasteiger partial charge in [-0.1, -0.05) is 96.1 Å². The van der Waals surface area contributed by atoms with Crippen molar-refractivity contribution in [2.24, 2.45) is 0 Å². The van der Waals surface area contributed by atoms with Crippen LogP contribution in [0.1, 0.15) is 28.3 Å². The number of hydrogen-bond donors (Lipinski definition) is 0. The van der Waals surface area contributed by atoms with E-state index in [1.165, 1.54) is 8.61 Å². The van der Waals surface area contributed by atoms with Crippen LogP contribution in [0, 0.1) is 13.8 Å². The van der Waals surface area contributed by atoms with E-state index < -0.39 is 26.1 Å². The normalized spacial score (nSPS) is 15.5. The minimum atomic E-state index is -4.10. The second-order valence-corrected chi connectivity index (χ2v) is 13.0. The van der Waals surface area contributed by atoms with Crippen LogP contribution in [-0.2, 0) is 26.6 Å². The smallest absolute Gasteiger partial charge is 0.246 e. The largest absolute Gasteiger partial charge is 0.266 e. The molecule has 1 aliphatic heterocycles. The average molecular weight is 545 g/mol. The van der Waals surface area contributed by atoms with Crippen LogP contribution in [0.15, 0.2) is 131 Å². The van der Waals surface area contributed by atoms with Crippen LogP contribution >= 0.6 is 0 Å². The van der Waals surface area contributed by atoms with Crippen molar-refractivity contribution < 1.29 is 16.8 Å². The molecule has 0 saturated heterocycles. The van der Waals surface area contributed by atoms with Gasteiger partial charge in [0.15, 0.2) is 0 Å². The van der Waals surface area contributed by atoms with Crippen LogP contribution in [-0.4, -0.2) is 25.4 Å². The summed E-state index contributed by atoms with van der Waals surface area (Å²) in [7, 11) is -8.20. The topological polar surface area (TPSA) is 74.8 Å². The van der Waals surface area contributed by atoms with Gasteiger partial charge in [-0.2, -0.15) is 0 Å². The molecular formula is C30H28N2O4S2. The van der Waals surface area contributed by atoms with E-state index in [0.717, 1.165) is 22.3 Å². The lowest BCUT2D eigenvalue weighted by Gasteiger charge is -2.45. The summed E-state index contributed by atoms with van der Waals surface area (Å²) in [5, 5.41) is 0. The maximum absolute atomic E-state index is 14.0. The molecule has 6 nitrogen and oxygen atoms in total. The van der Waals surface area contributed by atoms with Gasteiger partial charge in [0.05, 0.1) is 22.4 Å². The molecule has 4 aromatic carbocycles. The van der Waals surface area contributed by atoms with Crippen LogP contribution in [0.3, 0.4) is 0 Å². The highest BCUT2D eigenvalue weighted by Gasteiger charge is 2.45. The molecule has 8 heteroatoms.